The Morgan fingerprint density at radius 2 is 1.93 bits per heavy atom. The maximum absolute atomic E-state index is 12.1. The van der Waals surface area contributed by atoms with E-state index in [1.165, 1.54) is 19.3 Å². The third-order valence-corrected chi connectivity index (χ3v) is 3.11. The molecule has 1 fully saturated rings. The first kappa shape index (κ1) is 12.7. The van der Waals surface area contributed by atoms with Gasteiger partial charge in [0.2, 0.25) is 0 Å². The molecular weight excluding hydrogens is 184 g/mol. The summed E-state index contributed by atoms with van der Waals surface area (Å²) >= 11 is 0. The van der Waals surface area contributed by atoms with Crippen LogP contribution in [0.1, 0.15) is 66.2 Å². The standard InChI is InChI=1S/C14H26O/c1-5-6-12(9-11-7-8-11)13(15)10-14(2,3)4/h11-12H,5-10H2,1-4H3. The van der Waals surface area contributed by atoms with E-state index in [-0.39, 0.29) is 5.41 Å². The Kier molecular flexibility index (Phi) is 4.36. The van der Waals surface area contributed by atoms with E-state index < -0.39 is 0 Å². The Labute approximate surface area is 94.6 Å². The van der Waals surface area contributed by atoms with E-state index in [1.807, 2.05) is 0 Å². The monoisotopic (exact) mass is 210 g/mol. The summed E-state index contributed by atoms with van der Waals surface area (Å²) in [5.74, 6) is 1.75. The van der Waals surface area contributed by atoms with Gasteiger partial charge in [0.05, 0.1) is 0 Å². The van der Waals surface area contributed by atoms with Gasteiger partial charge in [-0.3, -0.25) is 4.79 Å². The molecule has 0 spiro atoms. The molecule has 0 heterocycles. The highest BCUT2D eigenvalue weighted by molar-refractivity contribution is 5.81. The first-order valence-electron chi connectivity index (χ1n) is 6.45. The van der Waals surface area contributed by atoms with Gasteiger partial charge in [0.1, 0.15) is 5.78 Å². The van der Waals surface area contributed by atoms with Crippen LogP contribution in [0, 0.1) is 17.3 Å². The van der Waals surface area contributed by atoms with Crippen LogP contribution in [-0.4, -0.2) is 5.78 Å². The first-order valence-corrected chi connectivity index (χ1v) is 6.45. The predicted molar refractivity (Wildman–Crippen MR) is 64.8 cm³/mol. The van der Waals surface area contributed by atoms with Crippen molar-refractivity contribution in [2.75, 3.05) is 0 Å². The van der Waals surface area contributed by atoms with Crippen LogP contribution in [0.25, 0.3) is 0 Å². The Hall–Kier alpha value is -0.330. The fraction of sp³-hybridized carbons (Fsp3) is 0.929. The summed E-state index contributed by atoms with van der Waals surface area (Å²) < 4.78 is 0. The first-order chi connectivity index (χ1) is 6.92. The maximum Gasteiger partial charge on any atom is 0.136 e. The summed E-state index contributed by atoms with van der Waals surface area (Å²) in [5, 5.41) is 0. The number of carbonyl (C=O) groups excluding carboxylic acids is 1. The molecule has 88 valence electrons. The van der Waals surface area contributed by atoms with Crippen LogP contribution >= 0.6 is 0 Å². The number of ketones is 1. The summed E-state index contributed by atoms with van der Waals surface area (Å²) in [6.45, 7) is 8.66. The Morgan fingerprint density at radius 1 is 1.33 bits per heavy atom. The van der Waals surface area contributed by atoms with Crippen LogP contribution in [-0.2, 0) is 4.79 Å². The normalized spacial score (nSPS) is 18.9. The van der Waals surface area contributed by atoms with Crippen LogP contribution < -0.4 is 0 Å². The molecule has 1 atom stereocenters. The van der Waals surface area contributed by atoms with Gasteiger partial charge in [-0.1, -0.05) is 47.0 Å². The van der Waals surface area contributed by atoms with Crippen molar-refractivity contribution >= 4 is 5.78 Å². The van der Waals surface area contributed by atoms with E-state index in [9.17, 15) is 4.79 Å². The number of hydrogen-bond donors (Lipinski definition) is 0. The zero-order chi connectivity index (χ0) is 11.5. The van der Waals surface area contributed by atoms with Crippen molar-refractivity contribution in [3.63, 3.8) is 0 Å². The third-order valence-electron chi connectivity index (χ3n) is 3.11. The lowest BCUT2D eigenvalue weighted by molar-refractivity contribution is -0.125. The van der Waals surface area contributed by atoms with Gasteiger partial charge < -0.3 is 0 Å². The van der Waals surface area contributed by atoms with Crippen molar-refractivity contribution in [1.82, 2.24) is 0 Å². The minimum absolute atomic E-state index is 0.159. The molecular formula is C14H26O. The molecule has 1 aliphatic rings. The Morgan fingerprint density at radius 3 is 2.33 bits per heavy atom. The van der Waals surface area contributed by atoms with Crippen molar-refractivity contribution in [2.24, 2.45) is 17.3 Å². The van der Waals surface area contributed by atoms with E-state index in [0.717, 1.165) is 25.2 Å². The van der Waals surface area contributed by atoms with Crippen LogP contribution in [0.5, 0.6) is 0 Å². The second-order valence-electron chi connectivity index (χ2n) is 6.37. The second-order valence-corrected chi connectivity index (χ2v) is 6.37. The molecule has 15 heavy (non-hydrogen) atoms. The quantitative estimate of drug-likeness (QED) is 0.642. The smallest absolute Gasteiger partial charge is 0.136 e. The van der Waals surface area contributed by atoms with Crippen molar-refractivity contribution in [3.05, 3.63) is 0 Å². The molecule has 1 nitrogen and oxygen atoms in total. The molecule has 0 saturated heterocycles. The maximum atomic E-state index is 12.1. The SMILES string of the molecule is CCCC(CC1CC1)C(=O)CC(C)(C)C. The average molecular weight is 210 g/mol. The van der Waals surface area contributed by atoms with Gasteiger partial charge in [0.25, 0.3) is 0 Å². The lowest BCUT2D eigenvalue weighted by Gasteiger charge is -2.21. The summed E-state index contributed by atoms with van der Waals surface area (Å²) in [5.41, 5.74) is 0.159. The van der Waals surface area contributed by atoms with E-state index in [4.69, 9.17) is 0 Å². The number of carbonyl (C=O) groups is 1. The topological polar surface area (TPSA) is 17.1 Å². The fourth-order valence-electron chi connectivity index (χ4n) is 2.18. The molecule has 1 heteroatoms. The molecule has 0 radical (unpaired) electrons. The predicted octanol–water partition coefficient (Wildman–Crippen LogP) is 4.21. The fourth-order valence-corrected chi connectivity index (χ4v) is 2.18. The van der Waals surface area contributed by atoms with Crippen LogP contribution in [0.2, 0.25) is 0 Å². The lowest BCUT2D eigenvalue weighted by Crippen LogP contribution is -2.21. The summed E-state index contributed by atoms with van der Waals surface area (Å²) in [7, 11) is 0. The zero-order valence-electron chi connectivity index (χ0n) is 10.8. The molecule has 0 aliphatic heterocycles. The van der Waals surface area contributed by atoms with Gasteiger partial charge in [-0.25, -0.2) is 0 Å². The molecule has 1 saturated carbocycles. The van der Waals surface area contributed by atoms with Crippen molar-refractivity contribution in [1.29, 1.82) is 0 Å². The summed E-state index contributed by atoms with van der Waals surface area (Å²) in [6.07, 6.45) is 6.90. The summed E-state index contributed by atoms with van der Waals surface area (Å²) in [4.78, 5) is 12.1. The Balaban J connectivity index is 2.42. The highest BCUT2D eigenvalue weighted by Crippen LogP contribution is 2.38. The minimum Gasteiger partial charge on any atom is -0.299 e. The molecule has 1 rings (SSSR count). The van der Waals surface area contributed by atoms with Crippen LogP contribution in [0.4, 0.5) is 0 Å². The van der Waals surface area contributed by atoms with Crippen LogP contribution in [0.3, 0.4) is 0 Å². The number of hydrogen-bond acceptors (Lipinski definition) is 1. The van der Waals surface area contributed by atoms with E-state index in [0.29, 0.717) is 11.7 Å². The molecule has 0 N–H and O–H groups in total. The van der Waals surface area contributed by atoms with E-state index >= 15 is 0 Å². The molecule has 1 unspecified atom stereocenters. The molecule has 1 aliphatic carbocycles. The van der Waals surface area contributed by atoms with Crippen molar-refractivity contribution < 1.29 is 4.79 Å². The second kappa shape index (κ2) is 5.14. The van der Waals surface area contributed by atoms with Crippen LogP contribution in [0.15, 0.2) is 0 Å². The average Bonchev–Trinajstić information content (AvgIpc) is 2.84. The molecule has 0 aromatic heterocycles. The van der Waals surface area contributed by atoms with E-state index in [2.05, 4.69) is 27.7 Å². The zero-order valence-corrected chi connectivity index (χ0v) is 10.8. The van der Waals surface area contributed by atoms with Gasteiger partial charge in [-0.2, -0.15) is 0 Å². The highest BCUT2D eigenvalue weighted by Gasteiger charge is 2.30. The van der Waals surface area contributed by atoms with Gasteiger partial charge >= 0.3 is 0 Å². The van der Waals surface area contributed by atoms with Gasteiger partial charge in [0.15, 0.2) is 0 Å². The Bertz CT molecular complexity index is 208. The summed E-state index contributed by atoms with van der Waals surface area (Å²) in [6, 6.07) is 0. The lowest BCUT2D eigenvalue weighted by atomic mass is 9.82. The number of Topliss-reactive ketones (excluding diaryl/α,β-unsaturated/α-hetero) is 1. The molecule has 0 aromatic rings. The van der Waals surface area contributed by atoms with E-state index in [1.54, 1.807) is 0 Å². The number of rotatable bonds is 6. The van der Waals surface area contributed by atoms with Crippen molar-refractivity contribution in [3.8, 4) is 0 Å². The van der Waals surface area contributed by atoms with Gasteiger partial charge in [-0.15, -0.1) is 0 Å². The minimum atomic E-state index is 0.159. The van der Waals surface area contributed by atoms with Gasteiger partial charge in [-0.05, 0) is 24.2 Å². The van der Waals surface area contributed by atoms with Crippen molar-refractivity contribution in [2.45, 2.75) is 66.2 Å². The highest BCUT2D eigenvalue weighted by atomic mass is 16.1. The molecule has 0 amide bonds. The molecule has 0 bridgehead atoms. The third kappa shape index (κ3) is 5.34. The molecule has 0 aromatic carbocycles. The van der Waals surface area contributed by atoms with Gasteiger partial charge in [0, 0.05) is 12.3 Å². The largest absolute Gasteiger partial charge is 0.299 e.